The molecule has 32 heavy (non-hydrogen) atoms. The minimum absolute atomic E-state index is 0.0879. The van der Waals surface area contributed by atoms with Gasteiger partial charge in [-0.25, -0.2) is 9.78 Å². The van der Waals surface area contributed by atoms with Crippen molar-refractivity contribution in [1.29, 1.82) is 0 Å². The molecule has 2 amide bonds. The molecule has 1 aliphatic carbocycles. The van der Waals surface area contributed by atoms with E-state index >= 15 is 0 Å². The number of carbonyl (C=O) groups is 2. The Kier molecular flexibility index (Phi) is 7.24. The molecule has 0 radical (unpaired) electrons. The molecule has 0 unspecified atom stereocenters. The number of H-pyrrole nitrogens is 1. The number of fused-ring (bicyclic) bond motifs is 1. The maximum absolute atomic E-state index is 13.0. The number of nitrogens with one attached hydrogen (secondary N) is 2. The Balaban J connectivity index is 1.25. The highest BCUT2D eigenvalue weighted by atomic mass is 32.1. The highest BCUT2D eigenvalue weighted by molar-refractivity contribution is 7.71. The van der Waals surface area contributed by atoms with Crippen LogP contribution >= 0.6 is 12.2 Å². The first-order valence-corrected chi connectivity index (χ1v) is 11.9. The van der Waals surface area contributed by atoms with Gasteiger partial charge in [0.2, 0.25) is 5.91 Å². The van der Waals surface area contributed by atoms with Crippen molar-refractivity contribution in [3.63, 3.8) is 0 Å². The molecule has 9 heteroatoms. The molecule has 2 heterocycles. The summed E-state index contributed by atoms with van der Waals surface area (Å²) in [5, 5.41) is 4.52. The number of benzene rings is 1. The summed E-state index contributed by atoms with van der Waals surface area (Å²) in [6.07, 6.45) is 3.57. The molecule has 2 fully saturated rings. The number of anilines is 1. The van der Waals surface area contributed by atoms with Crippen LogP contribution in [0.5, 0.6) is 0 Å². The molecule has 1 aliphatic heterocycles. The average molecular weight is 458 g/mol. The van der Waals surface area contributed by atoms with Crippen LogP contribution < -0.4 is 5.32 Å². The van der Waals surface area contributed by atoms with Crippen molar-refractivity contribution in [3.05, 3.63) is 29.0 Å². The summed E-state index contributed by atoms with van der Waals surface area (Å²) in [4.78, 5) is 36.0. The van der Waals surface area contributed by atoms with E-state index in [1.807, 2.05) is 29.2 Å². The van der Waals surface area contributed by atoms with Gasteiger partial charge in [0.25, 0.3) is 0 Å². The summed E-state index contributed by atoms with van der Waals surface area (Å²) in [5.74, 6) is 1.66. The van der Waals surface area contributed by atoms with E-state index in [9.17, 15) is 9.59 Å². The van der Waals surface area contributed by atoms with Crippen LogP contribution in [0.4, 0.5) is 10.6 Å². The highest BCUT2D eigenvalue weighted by Gasteiger charge is 2.32. The van der Waals surface area contributed by atoms with Gasteiger partial charge in [-0.05, 0) is 62.9 Å². The lowest BCUT2D eigenvalue weighted by Crippen LogP contribution is -2.52. The fraction of sp³-hybridized carbons (Fsp3) is 0.565. The zero-order valence-corrected chi connectivity index (χ0v) is 19.3. The molecule has 1 aromatic heterocycles. The first kappa shape index (κ1) is 22.5. The average Bonchev–Trinajstić information content (AvgIpc) is 2.82. The van der Waals surface area contributed by atoms with E-state index in [0.717, 1.165) is 48.9 Å². The Morgan fingerprint density at radius 1 is 1.12 bits per heavy atom. The standard InChI is InChI=1S/C23H31N5O3S/c1-2-31-23(30)28-13-11-27(12-14-28)21(29)17-9-7-16(8-10-17)15-24-20-18-5-3-4-6-19(18)25-22(32)26-20/h3-6,16-17H,2,7-15H2,1H3,(H2,24,25,26,32). The lowest BCUT2D eigenvalue weighted by Gasteiger charge is -2.37. The van der Waals surface area contributed by atoms with Crippen LogP contribution in [-0.2, 0) is 9.53 Å². The van der Waals surface area contributed by atoms with Crippen LogP contribution in [-0.4, -0.2) is 71.1 Å². The predicted octanol–water partition coefficient (Wildman–Crippen LogP) is 3.81. The van der Waals surface area contributed by atoms with E-state index in [4.69, 9.17) is 17.0 Å². The third-order valence-electron chi connectivity index (χ3n) is 6.51. The van der Waals surface area contributed by atoms with Crippen molar-refractivity contribution in [2.75, 3.05) is 44.6 Å². The quantitative estimate of drug-likeness (QED) is 0.664. The third kappa shape index (κ3) is 5.20. The second-order valence-corrected chi connectivity index (χ2v) is 8.93. The summed E-state index contributed by atoms with van der Waals surface area (Å²) >= 11 is 5.26. The largest absolute Gasteiger partial charge is 0.450 e. The summed E-state index contributed by atoms with van der Waals surface area (Å²) in [5.41, 5.74) is 0.979. The lowest BCUT2D eigenvalue weighted by molar-refractivity contribution is -0.138. The number of ether oxygens (including phenoxy) is 1. The van der Waals surface area contributed by atoms with Gasteiger partial charge in [0.1, 0.15) is 5.82 Å². The summed E-state index contributed by atoms with van der Waals surface area (Å²) in [6.45, 7) is 5.28. The molecule has 172 valence electrons. The van der Waals surface area contributed by atoms with E-state index < -0.39 is 0 Å². The van der Waals surface area contributed by atoms with E-state index in [2.05, 4.69) is 15.3 Å². The van der Waals surface area contributed by atoms with Crippen molar-refractivity contribution in [1.82, 2.24) is 19.8 Å². The maximum atomic E-state index is 13.0. The normalized spacial score (nSPS) is 21.4. The molecule has 0 atom stereocenters. The number of amides is 2. The van der Waals surface area contributed by atoms with Gasteiger partial charge >= 0.3 is 6.09 Å². The predicted molar refractivity (Wildman–Crippen MR) is 126 cm³/mol. The van der Waals surface area contributed by atoms with Gasteiger partial charge in [-0.15, -0.1) is 0 Å². The first-order valence-electron chi connectivity index (χ1n) is 11.5. The number of piperazine rings is 1. The molecule has 8 nitrogen and oxygen atoms in total. The van der Waals surface area contributed by atoms with E-state index in [1.165, 1.54) is 0 Å². The van der Waals surface area contributed by atoms with Gasteiger partial charge in [0, 0.05) is 44.0 Å². The minimum atomic E-state index is -0.283. The Morgan fingerprint density at radius 3 is 2.53 bits per heavy atom. The van der Waals surface area contributed by atoms with Crippen molar-refractivity contribution in [2.45, 2.75) is 32.6 Å². The van der Waals surface area contributed by atoms with Crippen LogP contribution in [0, 0.1) is 16.6 Å². The molecule has 2 aromatic rings. The van der Waals surface area contributed by atoms with E-state index in [1.54, 1.807) is 11.8 Å². The highest BCUT2D eigenvalue weighted by Crippen LogP contribution is 2.31. The van der Waals surface area contributed by atoms with Crippen molar-refractivity contribution < 1.29 is 14.3 Å². The molecule has 4 rings (SSSR count). The third-order valence-corrected chi connectivity index (χ3v) is 6.70. The van der Waals surface area contributed by atoms with Crippen LogP contribution in [0.2, 0.25) is 0 Å². The summed E-state index contributed by atoms with van der Waals surface area (Å²) < 4.78 is 5.53. The molecular formula is C23H31N5O3S. The SMILES string of the molecule is CCOC(=O)N1CCN(C(=O)C2CCC(CNc3nc(=S)[nH]c4ccccc34)CC2)CC1. The molecule has 0 spiro atoms. The summed E-state index contributed by atoms with van der Waals surface area (Å²) in [6, 6.07) is 8.01. The van der Waals surface area contributed by atoms with Gasteiger partial charge < -0.3 is 24.8 Å². The van der Waals surface area contributed by atoms with Gasteiger partial charge in [0.15, 0.2) is 4.77 Å². The van der Waals surface area contributed by atoms with Gasteiger partial charge in [-0.3, -0.25) is 4.79 Å². The van der Waals surface area contributed by atoms with Crippen molar-refractivity contribution in [2.24, 2.45) is 11.8 Å². The zero-order valence-electron chi connectivity index (χ0n) is 18.5. The molecule has 1 aromatic carbocycles. The van der Waals surface area contributed by atoms with Crippen molar-refractivity contribution >= 4 is 40.9 Å². The second kappa shape index (κ2) is 10.3. The number of aromatic nitrogens is 2. The van der Waals surface area contributed by atoms with Crippen LogP contribution in [0.3, 0.4) is 0 Å². The maximum Gasteiger partial charge on any atom is 0.409 e. The Labute approximate surface area is 193 Å². The topological polar surface area (TPSA) is 90.6 Å². The van der Waals surface area contributed by atoms with Crippen LogP contribution in [0.1, 0.15) is 32.6 Å². The van der Waals surface area contributed by atoms with E-state index in [0.29, 0.717) is 43.5 Å². The second-order valence-electron chi connectivity index (χ2n) is 8.55. The molecule has 0 bridgehead atoms. The Morgan fingerprint density at radius 2 is 1.81 bits per heavy atom. The lowest BCUT2D eigenvalue weighted by atomic mass is 9.81. The van der Waals surface area contributed by atoms with Gasteiger partial charge in [0.05, 0.1) is 12.1 Å². The molecule has 2 N–H and O–H groups in total. The Bertz CT molecular complexity index is 1010. The van der Waals surface area contributed by atoms with Crippen LogP contribution in [0.25, 0.3) is 10.9 Å². The number of carbonyl (C=O) groups excluding carboxylic acids is 2. The molecule has 2 aliphatic rings. The molecule has 1 saturated carbocycles. The smallest absolute Gasteiger partial charge is 0.409 e. The number of aromatic amines is 1. The number of hydrogen-bond donors (Lipinski definition) is 2. The van der Waals surface area contributed by atoms with E-state index in [-0.39, 0.29) is 17.9 Å². The van der Waals surface area contributed by atoms with Crippen molar-refractivity contribution in [3.8, 4) is 0 Å². The Hall–Kier alpha value is -2.68. The molecule has 1 saturated heterocycles. The zero-order chi connectivity index (χ0) is 22.5. The van der Waals surface area contributed by atoms with Gasteiger partial charge in [-0.2, -0.15) is 0 Å². The summed E-state index contributed by atoms with van der Waals surface area (Å²) in [7, 11) is 0. The molecular weight excluding hydrogens is 426 g/mol. The fourth-order valence-corrected chi connectivity index (χ4v) is 4.88. The number of para-hydroxylation sites is 1. The number of rotatable bonds is 5. The van der Waals surface area contributed by atoms with Gasteiger partial charge in [-0.1, -0.05) is 12.1 Å². The first-order chi connectivity index (χ1) is 15.5. The number of nitrogens with zero attached hydrogens (tertiary/aromatic N) is 3. The monoisotopic (exact) mass is 457 g/mol. The fourth-order valence-electron chi connectivity index (χ4n) is 4.68. The minimum Gasteiger partial charge on any atom is -0.450 e. The number of hydrogen-bond acceptors (Lipinski definition) is 6. The van der Waals surface area contributed by atoms with Crippen LogP contribution in [0.15, 0.2) is 24.3 Å².